The van der Waals surface area contributed by atoms with Crippen LogP contribution in [-0.2, 0) is 0 Å². The second kappa shape index (κ2) is 13.4. The molecule has 0 N–H and O–H groups in total. The number of unbranched alkanes of at least 4 members (excludes halogenated alkanes) is 7. The highest BCUT2D eigenvalue weighted by atomic mass is 28.4. The normalized spacial score (nSPS) is 11.4. The maximum absolute atomic E-state index is 6.62. The molecular weight excluding hydrogens is 360 g/mol. The summed E-state index contributed by atoms with van der Waals surface area (Å²) in [7, 11) is -2.36. The van der Waals surface area contributed by atoms with Gasteiger partial charge in [0.25, 0.3) is 0 Å². The van der Waals surface area contributed by atoms with Crippen LogP contribution in [0.25, 0.3) is 0 Å². The molecule has 2 aromatic rings. The number of hydrogen-bond donors (Lipinski definition) is 0. The predicted octanol–water partition coefficient (Wildman–Crippen LogP) is 8.14. The molecule has 154 valence electrons. The fraction of sp³-hybridized carbons (Fsp3) is 0.520. The Hall–Kier alpha value is -1.74. The molecule has 0 aliphatic heterocycles. The molecule has 2 nitrogen and oxygen atoms in total. The Morgan fingerprint density at radius 3 is 1.46 bits per heavy atom. The van der Waals surface area contributed by atoms with E-state index in [2.05, 4.69) is 38.1 Å². The molecule has 0 spiro atoms. The maximum Gasteiger partial charge on any atom is 0.460 e. The van der Waals surface area contributed by atoms with Crippen molar-refractivity contribution in [3.8, 4) is 11.5 Å². The molecule has 0 aliphatic rings. The lowest BCUT2D eigenvalue weighted by atomic mass is 10.1. The fourth-order valence-corrected chi connectivity index (χ4v) is 7.05. The van der Waals surface area contributed by atoms with E-state index in [0.29, 0.717) is 0 Å². The lowest BCUT2D eigenvalue weighted by molar-refractivity contribution is 0.372. The van der Waals surface area contributed by atoms with Gasteiger partial charge in [-0.15, -0.1) is 0 Å². The highest BCUT2D eigenvalue weighted by molar-refractivity contribution is 6.68. The first kappa shape index (κ1) is 22.5. The number of rotatable bonds is 15. The predicted molar refractivity (Wildman–Crippen MR) is 122 cm³/mol. The minimum atomic E-state index is -2.36. The molecule has 0 saturated carbocycles. The highest BCUT2D eigenvalue weighted by Gasteiger charge is 2.40. The lowest BCUT2D eigenvalue weighted by Gasteiger charge is -2.31. The average Bonchev–Trinajstić information content (AvgIpc) is 2.72. The van der Waals surface area contributed by atoms with Crippen LogP contribution in [-0.4, -0.2) is 8.56 Å². The molecule has 0 amide bonds. The monoisotopic (exact) mass is 398 g/mol. The van der Waals surface area contributed by atoms with E-state index in [1.165, 1.54) is 51.4 Å². The maximum atomic E-state index is 6.62. The van der Waals surface area contributed by atoms with Crippen LogP contribution in [0.1, 0.15) is 71.6 Å². The number of hydrogen-bond acceptors (Lipinski definition) is 2. The van der Waals surface area contributed by atoms with E-state index in [1.807, 2.05) is 36.4 Å². The zero-order valence-corrected chi connectivity index (χ0v) is 18.9. The zero-order valence-electron chi connectivity index (χ0n) is 17.9. The van der Waals surface area contributed by atoms with Crippen LogP contribution in [0.2, 0.25) is 12.1 Å². The van der Waals surface area contributed by atoms with Crippen molar-refractivity contribution >= 4 is 8.56 Å². The molecule has 0 radical (unpaired) electrons. The second-order valence-corrected chi connectivity index (χ2v) is 10.9. The molecular formula is C25H38O2Si. The van der Waals surface area contributed by atoms with Crippen LogP contribution in [0, 0.1) is 0 Å². The van der Waals surface area contributed by atoms with E-state index in [0.717, 1.165) is 30.0 Å². The van der Waals surface area contributed by atoms with Crippen LogP contribution in [0.4, 0.5) is 0 Å². The molecule has 0 bridgehead atoms. The van der Waals surface area contributed by atoms with Gasteiger partial charge in [0.2, 0.25) is 0 Å². The fourth-order valence-electron chi connectivity index (χ4n) is 3.67. The third-order valence-electron chi connectivity index (χ3n) is 5.14. The SMILES string of the molecule is CCCCCCCCCC[Si](CCC)(Oc1ccccc1)Oc1ccccc1. The minimum absolute atomic E-state index is 0.943. The zero-order chi connectivity index (χ0) is 19.9. The number of benzene rings is 2. The van der Waals surface area contributed by atoms with Crippen LogP contribution in [0.3, 0.4) is 0 Å². The molecule has 3 heteroatoms. The summed E-state index contributed by atoms with van der Waals surface area (Å²) in [6, 6.07) is 22.5. The summed E-state index contributed by atoms with van der Waals surface area (Å²) in [5.74, 6) is 1.89. The highest BCUT2D eigenvalue weighted by Crippen LogP contribution is 2.29. The van der Waals surface area contributed by atoms with Crippen molar-refractivity contribution in [3.05, 3.63) is 60.7 Å². The van der Waals surface area contributed by atoms with Crippen molar-refractivity contribution in [2.75, 3.05) is 0 Å². The van der Waals surface area contributed by atoms with Gasteiger partial charge in [-0.05, 0) is 30.7 Å². The Labute approximate surface area is 173 Å². The topological polar surface area (TPSA) is 18.5 Å². The van der Waals surface area contributed by atoms with Crippen LogP contribution in [0.15, 0.2) is 60.7 Å². The molecule has 0 aliphatic carbocycles. The van der Waals surface area contributed by atoms with Crippen molar-refractivity contribution in [1.82, 2.24) is 0 Å². The van der Waals surface area contributed by atoms with Gasteiger partial charge >= 0.3 is 8.56 Å². The summed E-state index contributed by atoms with van der Waals surface area (Å²) in [6.45, 7) is 4.51. The summed E-state index contributed by atoms with van der Waals surface area (Å²) in [6.07, 6.45) is 11.7. The molecule has 0 saturated heterocycles. The minimum Gasteiger partial charge on any atom is -0.512 e. The quantitative estimate of drug-likeness (QED) is 0.223. The Kier molecular flexibility index (Phi) is 10.8. The van der Waals surface area contributed by atoms with Gasteiger partial charge in [0.05, 0.1) is 0 Å². The Bertz CT molecular complexity index is 573. The Morgan fingerprint density at radius 1 is 0.536 bits per heavy atom. The van der Waals surface area contributed by atoms with E-state index in [-0.39, 0.29) is 0 Å². The average molecular weight is 399 g/mol. The van der Waals surface area contributed by atoms with Crippen molar-refractivity contribution < 1.29 is 8.85 Å². The molecule has 0 heterocycles. The van der Waals surface area contributed by atoms with E-state index in [9.17, 15) is 0 Å². The first-order valence-electron chi connectivity index (χ1n) is 11.3. The van der Waals surface area contributed by atoms with Crippen molar-refractivity contribution in [1.29, 1.82) is 0 Å². The van der Waals surface area contributed by atoms with Gasteiger partial charge in [0.1, 0.15) is 11.5 Å². The summed E-state index contributed by atoms with van der Waals surface area (Å²) in [5.41, 5.74) is 0. The van der Waals surface area contributed by atoms with Crippen LogP contribution in [0.5, 0.6) is 11.5 Å². The molecule has 0 atom stereocenters. The molecule has 28 heavy (non-hydrogen) atoms. The van der Waals surface area contributed by atoms with Gasteiger partial charge < -0.3 is 8.85 Å². The Balaban J connectivity index is 1.97. The molecule has 0 unspecified atom stereocenters. The smallest absolute Gasteiger partial charge is 0.460 e. The third-order valence-corrected chi connectivity index (χ3v) is 8.73. The standard InChI is InChI=1S/C25H38O2Si/c1-3-5-6-7-8-9-10-17-23-28(22-4-2,26-24-18-13-11-14-19-24)27-25-20-15-12-16-21-25/h11-16,18-21H,3-10,17,22-23H2,1-2H3. The number of para-hydroxylation sites is 2. The lowest BCUT2D eigenvalue weighted by Crippen LogP contribution is -2.48. The van der Waals surface area contributed by atoms with Gasteiger partial charge in [0, 0.05) is 12.1 Å². The van der Waals surface area contributed by atoms with Gasteiger partial charge in [-0.3, -0.25) is 0 Å². The molecule has 0 fully saturated rings. The van der Waals surface area contributed by atoms with Gasteiger partial charge in [-0.2, -0.15) is 0 Å². The van der Waals surface area contributed by atoms with Crippen molar-refractivity contribution in [2.45, 2.75) is 83.7 Å². The first-order chi connectivity index (χ1) is 13.8. The van der Waals surface area contributed by atoms with Gasteiger partial charge in [-0.1, -0.05) is 102 Å². The van der Waals surface area contributed by atoms with E-state index in [4.69, 9.17) is 8.85 Å². The van der Waals surface area contributed by atoms with E-state index < -0.39 is 8.56 Å². The van der Waals surface area contributed by atoms with Gasteiger partial charge in [0.15, 0.2) is 0 Å². The van der Waals surface area contributed by atoms with E-state index >= 15 is 0 Å². The second-order valence-electron chi connectivity index (χ2n) is 7.72. The van der Waals surface area contributed by atoms with Crippen molar-refractivity contribution in [2.24, 2.45) is 0 Å². The molecule has 2 aromatic carbocycles. The van der Waals surface area contributed by atoms with Gasteiger partial charge in [-0.25, -0.2) is 0 Å². The van der Waals surface area contributed by atoms with Crippen LogP contribution < -0.4 is 8.85 Å². The molecule has 0 aromatic heterocycles. The largest absolute Gasteiger partial charge is 0.512 e. The van der Waals surface area contributed by atoms with Crippen molar-refractivity contribution in [3.63, 3.8) is 0 Å². The molecule has 2 rings (SSSR count). The first-order valence-corrected chi connectivity index (χ1v) is 13.5. The summed E-state index contributed by atoms with van der Waals surface area (Å²) >= 11 is 0. The van der Waals surface area contributed by atoms with E-state index in [1.54, 1.807) is 0 Å². The summed E-state index contributed by atoms with van der Waals surface area (Å²) in [4.78, 5) is 0. The third kappa shape index (κ3) is 8.51. The van der Waals surface area contributed by atoms with Crippen LogP contribution >= 0.6 is 0 Å². The Morgan fingerprint density at radius 2 is 1.00 bits per heavy atom. The summed E-state index contributed by atoms with van der Waals surface area (Å²) < 4.78 is 13.2. The summed E-state index contributed by atoms with van der Waals surface area (Å²) in [5, 5.41) is 0.